The summed E-state index contributed by atoms with van der Waals surface area (Å²) in [7, 11) is -2.65. The van der Waals surface area contributed by atoms with Gasteiger partial charge >= 0.3 is 0 Å². The highest BCUT2D eigenvalue weighted by Crippen LogP contribution is 2.26. The normalized spacial score (nSPS) is 11.9. The van der Waals surface area contributed by atoms with Crippen molar-refractivity contribution in [2.45, 2.75) is 23.9 Å². The lowest BCUT2D eigenvalue weighted by Gasteiger charge is -2.33. The van der Waals surface area contributed by atoms with Crippen molar-refractivity contribution in [3.63, 3.8) is 0 Å². The summed E-state index contributed by atoms with van der Waals surface area (Å²) in [5, 5.41) is 3.07. The summed E-state index contributed by atoms with van der Waals surface area (Å²) in [6, 6.07) is 30.1. The second-order valence-electron chi connectivity index (χ2n) is 9.27. The molecule has 0 bridgehead atoms. The third-order valence-electron chi connectivity index (χ3n) is 6.48. The van der Waals surface area contributed by atoms with E-state index in [1.807, 2.05) is 54.6 Å². The SMILES string of the molecule is CNC(=O)[C@H](Cc1ccccc1)N(Cc1cccc(Br)c1)C(=O)CN(c1ccccc1)S(=O)(=O)c1ccc(Cl)cc1. The number of likely N-dealkylation sites (N-methyl/N-ethyl adjacent to an activating group) is 1. The van der Waals surface area contributed by atoms with E-state index in [0.29, 0.717) is 10.7 Å². The fraction of sp³-hybridized carbons (Fsp3) is 0.161. The molecule has 4 aromatic carbocycles. The molecule has 0 aliphatic carbocycles. The Morgan fingerprint density at radius 1 is 0.854 bits per heavy atom. The summed E-state index contributed by atoms with van der Waals surface area (Å²) in [6.07, 6.45) is 0.246. The monoisotopic (exact) mass is 653 g/mol. The van der Waals surface area contributed by atoms with Crippen LogP contribution in [0.25, 0.3) is 0 Å². The number of para-hydroxylation sites is 1. The average Bonchev–Trinajstić information content (AvgIpc) is 2.98. The van der Waals surface area contributed by atoms with Crippen molar-refractivity contribution in [1.82, 2.24) is 10.2 Å². The smallest absolute Gasteiger partial charge is 0.264 e. The zero-order chi connectivity index (χ0) is 29.4. The molecule has 212 valence electrons. The molecule has 0 heterocycles. The van der Waals surface area contributed by atoms with Gasteiger partial charge in [0.2, 0.25) is 11.8 Å². The van der Waals surface area contributed by atoms with Gasteiger partial charge in [0, 0.05) is 29.5 Å². The van der Waals surface area contributed by atoms with E-state index < -0.39 is 28.5 Å². The number of amides is 2. The van der Waals surface area contributed by atoms with Gasteiger partial charge in [0.05, 0.1) is 10.6 Å². The maximum absolute atomic E-state index is 14.2. The summed E-state index contributed by atoms with van der Waals surface area (Å²) in [4.78, 5) is 28.9. The molecule has 4 aromatic rings. The molecule has 2 amide bonds. The lowest BCUT2D eigenvalue weighted by atomic mass is 10.0. The van der Waals surface area contributed by atoms with E-state index in [9.17, 15) is 18.0 Å². The minimum absolute atomic E-state index is 0.00997. The topological polar surface area (TPSA) is 86.8 Å². The average molecular weight is 655 g/mol. The van der Waals surface area contributed by atoms with E-state index in [1.54, 1.807) is 30.3 Å². The van der Waals surface area contributed by atoms with Crippen molar-refractivity contribution in [2.75, 3.05) is 17.9 Å². The Labute approximate surface area is 253 Å². The molecule has 1 atom stereocenters. The number of rotatable bonds is 11. The van der Waals surface area contributed by atoms with E-state index in [4.69, 9.17) is 11.6 Å². The number of anilines is 1. The fourth-order valence-electron chi connectivity index (χ4n) is 4.41. The van der Waals surface area contributed by atoms with Gasteiger partial charge in [-0.05, 0) is 59.7 Å². The molecule has 41 heavy (non-hydrogen) atoms. The number of carbonyl (C=O) groups excluding carboxylic acids is 2. The minimum Gasteiger partial charge on any atom is -0.357 e. The predicted octanol–water partition coefficient (Wildman–Crippen LogP) is 5.68. The number of nitrogens with zero attached hydrogens (tertiary/aromatic N) is 2. The Morgan fingerprint density at radius 2 is 1.46 bits per heavy atom. The minimum atomic E-state index is -4.17. The van der Waals surface area contributed by atoms with Crippen molar-refractivity contribution < 1.29 is 18.0 Å². The number of sulfonamides is 1. The lowest BCUT2D eigenvalue weighted by molar-refractivity contribution is -0.139. The first-order valence-corrected chi connectivity index (χ1v) is 15.4. The van der Waals surface area contributed by atoms with Gasteiger partial charge in [0.15, 0.2) is 0 Å². The molecule has 4 rings (SSSR count). The van der Waals surface area contributed by atoms with Crippen LogP contribution in [0.2, 0.25) is 5.02 Å². The standard InChI is InChI=1S/C31H29BrClN3O4S/c1-34-31(38)29(20-23-9-4-2-5-10-23)35(21-24-11-8-12-25(32)19-24)30(37)22-36(27-13-6-3-7-14-27)41(39,40)28-17-15-26(33)16-18-28/h2-19,29H,20-22H2,1H3,(H,34,38)/t29-/m0/s1. The molecule has 1 N–H and O–H groups in total. The molecular formula is C31H29BrClN3O4S. The molecular weight excluding hydrogens is 626 g/mol. The second kappa shape index (κ2) is 13.8. The summed E-state index contributed by atoms with van der Waals surface area (Å²) >= 11 is 9.48. The number of hydrogen-bond donors (Lipinski definition) is 1. The van der Waals surface area contributed by atoms with Crippen LogP contribution in [0.3, 0.4) is 0 Å². The zero-order valence-electron chi connectivity index (χ0n) is 22.3. The van der Waals surface area contributed by atoms with E-state index >= 15 is 0 Å². The Balaban J connectivity index is 1.77. The molecule has 0 aliphatic heterocycles. The third kappa shape index (κ3) is 7.75. The molecule has 0 radical (unpaired) electrons. The Morgan fingerprint density at radius 3 is 2.07 bits per heavy atom. The third-order valence-corrected chi connectivity index (χ3v) is 9.02. The highest BCUT2D eigenvalue weighted by molar-refractivity contribution is 9.10. The fourth-order valence-corrected chi connectivity index (χ4v) is 6.40. The quantitative estimate of drug-likeness (QED) is 0.225. The van der Waals surface area contributed by atoms with Gasteiger partial charge < -0.3 is 10.2 Å². The van der Waals surface area contributed by atoms with E-state index in [2.05, 4.69) is 21.2 Å². The van der Waals surface area contributed by atoms with Crippen LogP contribution < -0.4 is 9.62 Å². The van der Waals surface area contributed by atoms with Crippen LogP contribution in [-0.4, -0.2) is 44.8 Å². The van der Waals surface area contributed by atoms with Gasteiger partial charge in [-0.3, -0.25) is 13.9 Å². The Kier molecular flexibility index (Phi) is 10.2. The van der Waals surface area contributed by atoms with Crippen LogP contribution in [0, 0.1) is 0 Å². The van der Waals surface area contributed by atoms with E-state index in [0.717, 1.165) is 19.9 Å². The van der Waals surface area contributed by atoms with Crippen LogP contribution in [-0.2, 0) is 32.6 Å². The number of halogens is 2. The summed E-state index contributed by atoms with van der Waals surface area (Å²) in [5.41, 5.74) is 1.96. The highest BCUT2D eigenvalue weighted by Gasteiger charge is 2.34. The molecule has 0 saturated carbocycles. The maximum Gasteiger partial charge on any atom is 0.264 e. The molecule has 0 unspecified atom stereocenters. The maximum atomic E-state index is 14.2. The molecule has 0 aliphatic rings. The van der Waals surface area contributed by atoms with E-state index in [-0.39, 0.29) is 23.8 Å². The summed E-state index contributed by atoms with van der Waals surface area (Å²) < 4.78 is 29.6. The molecule has 0 fully saturated rings. The van der Waals surface area contributed by atoms with Crippen molar-refractivity contribution in [3.8, 4) is 0 Å². The summed E-state index contributed by atoms with van der Waals surface area (Å²) in [5.74, 6) is -0.889. The van der Waals surface area contributed by atoms with Gasteiger partial charge in [0.1, 0.15) is 12.6 Å². The molecule has 0 saturated heterocycles. The van der Waals surface area contributed by atoms with Gasteiger partial charge in [-0.25, -0.2) is 8.42 Å². The van der Waals surface area contributed by atoms with Crippen LogP contribution in [0.5, 0.6) is 0 Å². The Bertz CT molecular complexity index is 1590. The zero-order valence-corrected chi connectivity index (χ0v) is 25.4. The first-order chi connectivity index (χ1) is 19.7. The van der Waals surface area contributed by atoms with Gasteiger partial charge in [-0.15, -0.1) is 0 Å². The Hall–Kier alpha value is -3.66. The number of hydrogen-bond acceptors (Lipinski definition) is 4. The lowest BCUT2D eigenvalue weighted by Crippen LogP contribution is -2.53. The number of nitrogens with one attached hydrogen (secondary N) is 1. The number of benzene rings is 4. The largest absolute Gasteiger partial charge is 0.357 e. The molecule has 7 nitrogen and oxygen atoms in total. The van der Waals surface area contributed by atoms with Gasteiger partial charge in [-0.2, -0.15) is 0 Å². The van der Waals surface area contributed by atoms with Gasteiger partial charge in [-0.1, -0.05) is 88.2 Å². The van der Waals surface area contributed by atoms with Crippen molar-refractivity contribution in [1.29, 1.82) is 0 Å². The predicted molar refractivity (Wildman–Crippen MR) is 165 cm³/mol. The number of carbonyl (C=O) groups is 2. The van der Waals surface area contributed by atoms with Crippen LogP contribution >= 0.6 is 27.5 Å². The second-order valence-corrected chi connectivity index (χ2v) is 12.5. The van der Waals surface area contributed by atoms with Gasteiger partial charge in [0.25, 0.3) is 10.0 Å². The van der Waals surface area contributed by atoms with Crippen LogP contribution in [0.1, 0.15) is 11.1 Å². The van der Waals surface area contributed by atoms with Crippen molar-refractivity contribution in [2.24, 2.45) is 0 Å². The highest BCUT2D eigenvalue weighted by atomic mass is 79.9. The van der Waals surface area contributed by atoms with Crippen molar-refractivity contribution in [3.05, 3.63) is 130 Å². The summed E-state index contributed by atoms with van der Waals surface area (Å²) in [6.45, 7) is -0.432. The van der Waals surface area contributed by atoms with Crippen LogP contribution in [0.4, 0.5) is 5.69 Å². The van der Waals surface area contributed by atoms with Crippen molar-refractivity contribution >= 4 is 55.1 Å². The molecule has 0 aromatic heterocycles. The first kappa shape index (κ1) is 30.3. The molecule has 0 spiro atoms. The van der Waals surface area contributed by atoms with E-state index in [1.165, 1.54) is 36.2 Å². The molecule has 10 heteroatoms. The van der Waals surface area contributed by atoms with Crippen LogP contribution in [0.15, 0.2) is 119 Å². The first-order valence-electron chi connectivity index (χ1n) is 12.8.